The van der Waals surface area contributed by atoms with Gasteiger partial charge in [-0.05, 0) is 37.0 Å². The third kappa shape index (κ3) is 3.89. The van der Waals surface area contributed by atoms with Crippen molar-refractivity contribution in [3.05, 3.63) is 22.8 Å². The molecule has 1 aliphatic rings. The molecule has 1 N–H and O–H groups in total. The molecule has 0 saturated carbocycles. The lowest BCUT2D eigenvalue weighted by molar-refractivity contribution is -0.141. The van der Waals surface area contributed by atoms with Gasteiger partial charge < -0.3 is 15.0 Å². The fraction of sp³-hybridized carbons (Fsp3) is 0.550. The molecular formula is C20H28N2O4. The molecule has 26 heavy (non-hydrogen) atoms. The molecule has 1 atom stereocenters. The highest BCUT2D eigenvalue weighted by atomic mass is 16.5. The van der Waals surface area contributed by atoms with Gasteiger partial charge in [-0.25, -0.2) is 0 Å². The Hall–Kier alpha value is -2.37. The lowest BCUT2D eigenvalue weighted by atomic mass is 9.94. The molecule has 1 aliphatic heterocycles. The summed E-state index contributed by atoms with van der Waals surface area (Å²) in [6.07, 6.45) is 0.590. The van der Waals surface area contributed by atoms with Crippen molar-refractivity contribution >= 4 is 29.2 Å². The summed E-state index contributed by atoms with van der Waals surface area (Å²) in [4.78, 5) is 37.8. The van der Waals surface area contributed by atoms with Crippen LogP contribution in [0.1, 0.15) is 51.3 Å². The van der Waals surface area contributed by atoms with Crippen molar-refractivity contribution in [2.75, 3.05) is 16.8 Å². The Morgan fingerprint density at radius 3 is 2.31 bits per heavy atom. The number of rotatable bonds is 3. The van der Waals surface area contributed by atoms with Gasteiger partial charge in [-0.15, -0.1) is 0 Å². The summed E-state index contributed by atoms with van der Waals surface area (Å²) in [5, 5.41) is 3.01. The van der Waals surface area contributed by atoms with Gasteiger partial charge in [0.05, 0.1) is 17.4 Å². The first kappa shape index (κ1) is 19.9. The normalized spacial score (nSPS) is 16.3. The van der Waals surface area contributed by atoms with Crippen LogP contribution in [0.4, 0.5) is 11.4 Å². The molecule has 1 heterocycles. The second-order valence-corrected chi connectivity index (χ2v) is 7.97. The molecule has 0 spiro atoms. The van der Waals surface area contributed by atoms with E-state index in [1.54, 1.807) is 4.90 Å². The quantitative estimate of drug-likeness (QED) is 0.840. The minimum absolute atomic E-state index is 0.112. The van der Waals surface area contributed by atoms with E-state index in [1.165, 1.54) is 13.8 Å². The molecule has 0 fully saturated rings. The van der Waals surface area contributed by atoms with E-state index in [4.69, 9.17) is 4.74 Å². The van der Waals surface area contributed by atoms with E-state index in [0.29, 0.717) is 12.1 Å². The molecule has 0 bridgehead atoms. The monoisotopic (exact) mass is 360 g/mol. The minimum atomic E-state index is -0.555. The number of carbonyl (C=O) groups is 3. The van der Waals surface area contributed by atoms with Gasteiger partial charge in [0.15, 0.2) is 0 Å². The fourth-order valence-corrected chi connectivity index (χ4v) is 3.26. The SMILES string of the molecule is CC(=O)OCC1Cc2c(C)cc(C)c(NC(=O)C(C)(C)C)c2N1C(C)=O. The first-order valence-corrected chi connectivity index (χ1v) is 8.81. The van der Waals surface area contributed by atoms with E-state index < -0.39 is 5.41 Å². The highest BCUT2D eigenvalue weighted by molar-refractivity contribution is 6.05. The van der Waals surface area contributed by atoms with Gasteiger partial charge in [0.2, 0.25) is 11.8 Å². The smallest absolute Gasteiger partial charge is 0.302 e. The molecule has 1 aromatic carbocycles. The third-order valence-electron chi connectivity index (χ3n) is 4.61. The van der Waals surface area contributed by atoms with Crippen LogP contribution in [0.25, 0.3) is 0 Å². The fourth-order valence-electron chi connectivity index (χ4n) is 3.26. The van der Waals surface area contributed by atoms with Crippen molar-refractivity contribution in [3.63, 3.8) is 0 Å². The van der Waals surface area contributed by atoms with E-state index in [9.17, 15) is 14.4 Å². The van der Waals surface area contributed by atoms with Crippen LogP contribution in [0, 0.1) is 19.3 Å². The Morgan fingerprint density at radius 1 is 1.19 bits per heavy atom. The lowest BCUT2D eigenvalue weighted by Crippen LogP contribution is -2.40. The highest BCUT2D eigenvalue weighted by Gasteiger charge is 2.37. The summed E-state index contributed by atoms with van der Waals surface area (Å²) in [5.74, 6) is -0.630. The van der Waals surface area contributed by atoms with E-state index in [-0.39, 0.29) is 30.4 Å². The van der Waals surface area contributed by atoms with Crippen LogP contribution in [0.15, 0.2) is 6.07 Å². The average molecular weight is 360 g/mol. The van der Waals surface area contributed by atoms with Crippen molar-refractivity contribution < 1.29 is 19.1 Å². The molecule has 0 aliphatic carbocycles. The molecule has 2 amide bonds. The molecule has 0 aromatic heterocycles. The van der Waals surface area contributed by atoms with Crippen molar-refractivity contribution in [1.29, 1.82) is 0 Å². The van der Waals surface area contributed by atoms with Gasteiger partial charge >= 0.3 is 5.97 Å². The molecular weight excluding hydrogens is 332 g/mol. The third-order valence-corrected chi connectivity index (χ3v) is 4.61. The number of amides is 2. The Bertz CT molecular complexity index is 762. The lowest BCUT2D eigenvalue weighted by Gasteiger charge is -2.27. The Morgan fingerprint density at radius 2 is 1.81 bits per heavy atom. The van der Waals surface area contributed by atoms with E-state index in [0.717, 1.165) is 22.4 Å². The number of fused-ring (bicyclic) bond motifs is 1. The molecule has 0 radical (unpaired) electrons. The Kier molecular flexibility index (Phi) is 5.44. The van der Waals surface area contributed by atoms with Crippen LogP contribution in [0.5, 0.6) is 0 Å². The Balaban J connectivity index is 2.52. The summed E-state index contributed by atoms with van der Waals surface area (Å²) in [5.41, 5.74) is 3.80. The van der Waals surface area contributed by atoms with Crippen molar-refractivity contribution in [2.45, 2.75) is 60.9 Å². The number of nitrogens with one attached hydrogen (secondary N) is 1. The number of anilines is 2. The topological polar surface area (TPSA) is 75.7 Å². The summed E-state index contributed by atoms with van der Waals surface area (Å²) < 4.78 is 5.16. The number of aryl methyl sites for hydroxylation is 2. The number of nitrogens with zero attached hydrogens (tertiary/aromatic N) is 1. The number of hydrogen-bond donors (Lipinski definition) is 1. The molecule has 0 saturated heterocycles. The number of benzene rings is 1. The number of carbonyl (C=O) groups excluding carboxylic acids is 3. The average Bonchev–Trinajstić information content (AvgIpc) is 2.88. The number of esters is 1. The van der Waals surface area contributed by atoms with Gasteiger partial charge in [-0.3, -0.25) is 14.4 Å². The van der Waals surface area contributed by atoms with Crippen molar-refractivity contribution in [2.24, 2.45) is 5.41 Å². The standard InChI is InChI=1S/C20H28N2O4/c1-11-8-12(2)17(21-19(25)20(5,6)7)18-16(11)9-15(10-26-14(4)24)22(18)13(3)23/h8,15H,9-10H2,1-7H3,(H,21,25). The number of ether oxygens (including phenoxy) is 1. The van der Waals surface area contributed by atoms with Crippen molar-refractivity contribution in [3.8, 4) is 0 Å². The second kappa shape index (κ2) is 7.09. The van der Waals surface area contributed by atoms with Crippen LogP contribution >= 0.6 is 0 Å². The van der Waals surface area contributed by atoms with E-state index in [2.05, 4.69) is 5.32 Å². The summed E-state index contributed by atoms with van der Waals surface area (Å²) in [6, 6.07) is 1.75. The molecule has 142 valence electrons. The zero-order valence-corrected chi connectivity index (χ0v) is 16.6. The van der Waals surface area contributed by atoms with Crippen LogP contribution in [0.3, 0.4) is 0 Å². The summed E-state index contributed by atoms with van der Waals surface area (Å²) in [7, 11) is 0. The van der Waals surface area contributed by atoms with Crippen LogP contribution in [0.2, 0.25) is 0 Å². The Labute approximate surface area is 154 Å². The maximum atomic E-state index is 12.6. The second-order valence-electron chi connectivity index (χ2n) is 7.97. The predicted molar refractivity (Wildman–Crippen MR) is 101 cm³/mol. The van der Waals surface area contributed by atoms with Crippen molar-refractivity contribution in [1.82, 2.24) is 0 Å². The number of hydrogen-bond acceptors (Lipinski definition) is 4. The molecule has 1 aromatic rings. The molecule has 1 unspecified atom stereocenters. The van der Waals surface area contributed by atoms with Gasteiger partial charge in [0.25, 0.3) is 0 Å². The highest BCUT2D eigenvalue weighted by Crippen LogP contribution is 2.43. The zero-order chi connectivity index (χ0) is 19.8. The van der Waals surface area contributed by atoms with Gasteiger partial charge in [0.1, 0.15) is 6.61 Å². The summed E-state index contributed by atoms with van der Waals surface area (Å²) >= 11 is 0. The van der Waals surface area contributed by atoms with Gasteiger partial charge in [-0.1, -0.05) is 26.8 Å². The summed E-state index contributed by atoms with van der Waals surface area (Å²) in [6.45, 7) is 12.4. The maximum Gasteiger partial charge on any atom is 0.302 e. The zero-order valence-electron chi connectivity index (χ0n) is 16.6. The molecule has 6 nitrogen and oxygen atoms in total. The van der Waals surface area contributed by atoms with Gasteiger partial charge in [0, 0.05) is 19.3 Å². The van der Waals surface area contributed by atoms with Crippen LogP contribution < -0.4 is 10.2 Å². The molecule has 6 heteroatoms. The van der Waals surface area contributed by atoms with Gasteiger partial charge in [-0.2, -0.15) is 0 Å². The first-order chi connectivity index (χ1) is 11.9. The predicted octanol–water partition coefficient (Wildman–Crippen LogP) is 3.13. The largest absolute Gasteiger partial charge is 0.464 e. The first-order valence-electron chi connectivity index (χ1n) is 8.81. The molecule has 2 rings (SSSR count). The van der Waals surface area contributed by atoms with E-state index >= 15 is 0 Å². The van der Waals surface area contributed by atoms with Crippen LogP contribution in [-0.2, 0) is 25.5 Å². The van der Waals surface area contributed by atoms with Crippen LogP contribution in [-0.4, -0.2) is 30.4 Å². The van der Waals surface area contributed by atoms with E-state index in [1.807, 2.05) is 40.7 Å². The maximum absolute atomic E-state index is 12.6. The minimum Gasteiger partial charge on any atom is -0.464 e.